The third-order valence-corrected chi connectivity index (χ3v) is 4.22. The van der Waals surface area contributed by atoms with Crippen LogP contribution >= 0.6 is 0 Å². The molecule has 1 fully saturated rings. The van der Waals surface area contributed by atoms with Gasteiger partial charge in [-0.1, -0.05) is 24.3 Å². The number of nitrogens with one attached hydrogen (secondary N) is 1. The average molecular weight is 372 g/mol. The van der Waals surface area contributed by atoms with Crippen molar-refractivity contribution in [3.63, 3.8) is 0 Å². The summed E-state index contributed by atoms with van der Waals surface area (Å²) in [4.78, 5) is 1.97. The molecule has 0 aromatic heterocycles. The van der Waals surface area contributed by atoms with Crippen LogP contribution in [0.1, 0.15) is 17.2 Å². The summed E-state index contributed by atoms with van der Waals surface area (Å²) in [6.45, 7) is 2.56. The van der Waals surface area contributed by atoms with Gasteiger partial charge in [-0.2, -0.15) is 0 Å². The minimum absolute atomic E-state index is 0.149. The van der Waals surface area contributed by atoms with Crippen molar-refractivity contribution in [1.82, 2.24) is 10.2 Å². The Morgan fingerprint density at radius 3 is 2.23 bits per heavy atom. The molecule has 0 bridgehead atoms. The number of hydrogen-bond acceptors (Lipinski definition) is 3. The van der Waals surface area contributed by atoms with E-state index in [0.717, 1.165) is 6.07 Å². The summed E-state index contributed by atoms with van der Waals surface area (Å²) in [5, 5.41) is 3.18. The molecule has 0 saturated carbocycles. The average Bonchev–Trinajstić information content (AvgIpc) is 2.60. The van der Waals surface area contributed by atoms with Gasteiger partial charge in [0.1, 0.15) is 5.75 Å². The molecule has 140 valence electrons. The van der Waals surface area contributed by atoms with Crippen molar-refractivity contribution >= 4 is 0 Å². The summed E-state index contributed by atoms with van der Waals surface area (Å²) in [7, 11) is 0. The van der Waals surface area contributed by atoms with Gasteiger partial charge in [-0.15, -0.1) is 13.2 Å². The van der Waals surface area contributed by atoms with Gasteiger partial charge in [0.05, 0.1) is 6.04 Å². The number of hydrogen-bond donors (Lipinski definition) is 1. The van der Waals surface area contributed by atoms with Crippen LogP contribution in [-0.4, -0.2) is 37.4 Å². The van der Waals surface area contributed by atoms with Crippen molar-refractivity contribution in [2.75, 3.05) is 26.2 Å². The number of ether oxygens (including phenoxy) is 1. The van der Waals surface area contributed by atoms with E-state index in [1.165, 1.54) is 36.4 Å². The molecule has 1 aliphatic rings. The molecule has 2 aromatic rings. The second-order valence-electron chi connectivity index (χ2n) is 5.95. The van der Waals surface area contributed by atoms with Crippen LogP contribution in [0.5, 0.6) is 5.75 Å². The predicted octanol–water partition coefficient (Wildman–Crippen LogP) is 3.86. The molecule has 26 heavy (non-hydrogen) atoms. The lowest BCUT2D eigenvalue weighted by Gasteiger charge is -2.35. The Hall–Kier alpha value is -2.19. The van der Waals surface area contributed by atoms with Crippen LogP contribution in [0.15, 0.2) is 42.5 Å². The smallest absolute Gasteiger partial charge is 0.406 e. The minimum atomic E-state index is -4.78. The molecule has 3 nitrogen and oxygen atoms in total. The first-order chi connectivity index (χ1) is 12.3. The quantitative estimate of drug-likeness (QED) is 0.825. The van der Waals surface area contributed by atoms with E-state index in [2.05, 4.69) is 10.1 Å². The number of nitrogens with zero attached hydrogens (tertiary/aromatic N) is 1. The van der Waals surface area contributed by atoms with Gasteiger partial charge in [0, 0.05) is 31.7 Å². The maximum Gasteiger partial charge on any atom is 0.573 e. The Labute approximate surface area is 147 Å². The lowest BCUT2D eigenvalue weighted by atomic mass is 9.95. The summed E-state index contributed by atoms with van der Waals surface area (Å²) in [6, 6.07) is 8.58. The van der Waals surface area contributed by atoms with Crippen LogP contribution in [0.3, 0.4) is 0 Å². The number of alkyl halides is 3. The highest BCUT2D eigenvalue weighted by Crippen LogP contribution is 2.33. The molecule has 0 amide bonds. The molecule has 2 aromatic carbocycles. The van der Waals surface area contributed by atoms with Gasteiger partial charge in [-0.25, -0.2) is 8.78 Å². The molecule has 8 heteroatoms. The lowest BCUT2D eigenvalue weighted by molar-refractivity contribution is -0.274. The Morgan fingerprint density at radius 2 is 1.62 bits per heavy atom. The topological polar surface area (TPSA) is 24.5 Å². The van der Waals surface area contributed by atoms with Gasteiger partial charge in [0.25, 0.3) is 0 Å². The Kier molecular flexibility index (Phi) is 5.43. The monoisotopic (exact) mass is 372 g/mol. The fraction of sp³-hybridized carbons (Fsp3) is 0.333. The maximum atomic E-state index is 14.4. The van der Waals surface area contributed by atoms with E-state index in [9.17, 15) is 22.0 Å². The van der Waals surface area contributed by atoms with Crippen molar-refractivity contribution in [1.29, 1.82) is 0 Å². The van der Waals surface area contributed by atoms with Gasteiger partial charge in [0.2, 0.25) is 0 Å². The maximum absolute atomic E-state index is 14.4. The highest BCUT2D eigenvalue weighted by Gasteiger charge is 2.32. The molecule has 0 radical (unpaired) electrons. The van der Waals surface area contributed by atoms with Crippen molar-refractivity contribution in [3.05, 3.63) is 65.2 Å². The first-order valence-electron chi connectivity index (χ1n) is 8.09. The van der Waals surface area contributed by atoms with Crippen LogP contribution < -0.4 is 10.1 Å². The molecular weight excluding hydrogens is 355 g/mol. The third kappa shape index (κ3) is 4.31. The second kappa shape index (κ2) is 7.59. The highest BCUT2D eigenvalue weighted by atomic mass is 19.4. The molecule has 0 aliphatic carbocycles. The zero-order chi connectivity index (χ0) is 18.7. The first kappa shape index (κ1) is 18.6. The van der Waals surface area contributed by atoms with Crippen LogP contribution in [0.25, 0.3) is 0 Å². The van der Waals surface area contributed by atoms with Gasteiger partial charge < -0.3 is 10.1 Å². The van der Waals surface area contributed by atoms with Crippen LogP contribution in [-0.2, 0) is 0 Å². The highest BCUT2D eigenvalue weighted by molar-refractivity contribution is 5.36. The molecule has 1 N–H and O–H groups in total. The van der Waals surface area contributed by atoms with Crippen LogP contribution in [0, 0.1) is 11.6 Å². The van der Waals surface area contributed by atoms with E-state index in [4.69, 9.17) is 0 Å². The molecular formula is C18H17F5N2O. The minimum Gasteiger partial charge on any atom is -0.406 e. The SMILES string of the molecule is Fc1cccc([C@H](c2ccc(OC(F)(F)F)cc2)N2CCNCC2)c1F. The summed E-state index contributed by atoms with van der Waals surface area (Å²) >= 11 is 0. The van der Waals surface area contributed by atoms with E-state index < -0.39 is 24.0 Å². The van der Waals surface area contributed by atoms with Gasteiger partial charge >= 0.3 is 6.36 Å². The number of rotatable bonds is 4. The van der Waals surface area contributed by atoms with Crippen LogP contribution in [0.2, 0.25) is 0 Å². The second-order valence-corrected chi connectivity index (χ2v) is 5.95. The zero-order valence-corrected chi connectivity index (χ0v) is 13.7. The van der Waals surface area contributed by atoms with Crippen molar-refractivity contribution in [3.8, 4) is 5.75 Å². The van der Waals surface area contributed by atoms with E-state index in [0.29, 0.717) is 31.7 Å². The third-order valence-electron chi connectivity index (χ3n) is 4.22. The summed E-state index contributed by atoms with van der Waals surface area (Å²) < 4.78 is 69.0. The van der Waals surface area contributed by atoms with E-state index in [1.807, 2.05) is 4.90 Å². The standard InChI is InChI=1S/C18H17F5N2O/c19-15-3-1-2-14(16(15)20)17(25-10-8-24-9-11-25)12-4-6-13(7-5-12)26-18(21,22)23/h1-7,17,24H,8-11H2/t17-/m0/s1. The number of halogens is 5. The van der Waals surface area contributed by atoms with Crippen LogP contribution in [0.4, 0.5) is 22.0 Å². The predicted molar refractivity (Wildman–Crippen MR) is 85.8 cm³/mol. The Bertz CT molecular complexity index is 742. The molecule has 3 rings (SSSR count). The summed E-state index contributed by atoms with van der Waals surface area (Å²) in [6.07, 6.45) is -4.78. The molecule has 0 unspecified atom stereocenters. The molecule has 1 saturated heterocycles. The molecule has 1 atom stereocenters. The normalized spacial score (nSPS) is 17.1. The van der Waals surface area contributed by atoms with Crippen molar-refractivity contribution < 1.29 is 26.7 Å². The molecule has 1 heterocycles. The van der Waals surface area contributed by atoms with Gasteiger partial charge in [0.15, 0.2) is 11.6 Å². The number of benzene rings is 2. The largest absolute Gasteiger partial charge is 0.573 e. The fourth-order valence-corrected chi connectivity index (χ4v) is 3.11. The molecule has 1 aliphatic heterocycles. The van der Waals surface area contributed by atoms with Crippen molar-refractivity contribution in [2.45, 2.75) is 12.4 Å². The fourth-order valence-electron chi connectivity index (χ4n) is 3.11. The van der Waals surface area contributed by atoms with Gasteiger partial charge in [-0.05, 0) is 23.8 Å². The first-order valence-corrected chi connectivity index (χ1v) is 8.09. The Morgan fingerprint density at radius 1 is 0.962 bits per heavy atom. The van der Waals surface area contributed by atoms with Crippen molar-refractivity contribution in [2.24, 2.45) is 0 Å². The lowest BCUT2D eigenvalue weighted by Crippen LogP contribution is -2.45. The summed E-state index contributed by atoms with van der Waals surface area (Å²) in [5.74, 6) is -2.27. The number of piperazine rings is 1. The summed E-state index contributed by atoms with van der Waals surface area (Å²) in [5.41, 5.74) is 0.710. The van der Waals surface area contributed by atoms with E-state index >= 15 is 0 Å². The van der Waals surface area contributed by atoms with E-state index in [-0.39, 0.29) is 11.3 Å². The van der Waals surface area contributed by atoms with E-state index in [1.54, 1.807) is 0 Å². The molecule has 0 spiro atoms. The Balaban J connectivity index is 1.96. The van der Waals surface area contributed by atoms with Gasteiger partial charge in [-0.3, -0.25) is 4.90 Å². The zero-order valence-electron chi connectivity index (χ0n) is 13.7.